The molecule has 1 aromatic heterocycles. The van der Waals surface area contributed by atoms with Gasteiger partial charge in [0, 0.05) is 27.9 Å². The Morgan fingerprint density at radius 2 is 0.704 bits per heavy atom. The van der Waals surface area contributed by atoms with E-state index in [4.69, 9.17) is 4.42 Å². The largest absolute Gasteiger partial charge is 0.454 e. The number of hydrogen-bond acceptors (Lipinski definition) is 3. The van der Waals surface area contributed by atoms with E-state index in [2.05, 4.69) is 289 Å². The lowest BCUT2D eigenvalue weighted by molar-refractivity contribution is 0.669. The molecule has 0 unspecified atom stereocenters. The van der Waals surface area contributed by atoms with Crippen LogP contribution in [0, 0.1) is 0 Å². The monoisotopic (exact) mass is 906 g/mol. The van der Waals surface area contributed by atoms with Crippen molar-refractivity contribution in [2.75, 3.05) is 9.80 Å². The van der Waals surface area contributed by atoms with E-state index < -0.39 is 0 Å². The number of para-hydroxylation sites is 2. The summed E-state index contributed by atoms with van der Waals surface area (Å²) in [4.78, 5) is 4.81. The quantitative estimate of drug-likeness (QED) is 0.136. The Morgan fingerprint density at radius 3 is 1.41 bits per heavy atom. The summed E-state index contributed by atoms with van der Waals surface area (Å²) < 4.78 is 7.38. The molecule has 3 nitrogen and oxygen atoms in total. The van der Waals surface area contributed by atoms with Crippen molar-refractivity contribution in [3.63, 3.8) is 0 Å². The summed E-state index contributed by atoms with van der Waals surface area (Å²) in [6, 6.07) is 100. The Kier molecular flexibility index (Phi) is 10.5. The fourth-order valence-electron chi connectivity index (χ4n) is 10.4. The van der Waals surface area contributed by atoms with Crippen molar-refractivity contribution in [3.8, 4) is 44.5 Å². The standard InChI is InChI=1S/C68H46N2O/c1-5-19-47(20-6-1)49-35-38-58(39-36-49)70(62-32-18-17-31-59(62)50-22-7-2-8-23-50)65-42-41-64(67-61-45-53-27-15-16-28-54(53)46-66(61)71-68(65)67)69(57-29-11-4-12-30-57)63-40-37-56(44-60(63)51-24-9-3-10-25-51)55-34-33-48-21-13-14-26-52(48)43-55/h1-46H. The van der Waals surface area contributed by atoms with Crippen molar-refractivity contribution in [2.45, 2.75) is 0 Å². The summed E-state index contributed by atoms with van der Waals surface area (Å²) in [7, 11) is 0. The van der Waals surface area contributed by atoms with Crippen LogP contribution >= 0.6 is 0 Å². The first-order valence-electron chi connectivity index (χ1n) is 24.2. The molecule has 0 saturated heterocycles. The number of hydrogen-bond donors (Lipinski definition) is 0. The maximum atomic E-state index is 7.38. The molecule has 3 heteroatoms. The average molecular weight is 907 g/mol. The highest BCUT2D eigenvalue weighted by Gasteiger charge is 2.28. The first-order valence-corrected chi connectivity index (χ1v) is 24.2. The van der Waals surface area contributed by atoms with E-state index in [1.807, 2.05) is 0 Å². The van der Waals surface area contributed by atoms with Gasteiger partial charge in [-0.25, -0.2) is 0 Å². The van der Waals surface area contributed by atoms with Crippen LogP contribution in [0.2, 0.25) is 0 Å². The number of rotatable bonds is 10. The predicted octanol–water partition coefficient (Wildman–Crippen LogP) is 19.5. The van der Waals surface area contributed by atoms with Gasteiger partial charge in [-0.2, -0.15) is 0 Å². The maximum Gasteiger partial charge on any atom is 0.161 e. The fourth-order valence-corrected chi connectivity index (χ4v) is 10.4. The molecule has 0 saturated carbocycles. The highest BCUT2D eigenvalue weighted by molar-refractivity contribution is 6.20. The highest BCUT2D eigenvalue weighted by Crippen LogP contribution is 2.52. The molecule has 0 spiro atoms. The minimum Gasteiger partial charge on any atom is -0.454 e. The van der Waals surface area contributed by atoms with Crippen molar-refractivity contribution < 1.29 is 4.42 Å². The third-order valence-corrected chi connectivity index (χ3v) is 13.8. The summed E-state index contributed by atoms with van der Waals surface area (Å²) in [5, 5.41) is 6.79. The number of anilines is 6. The zero-order chi connectivity index (χ0) is 47.1. The van der Waals surface area contributed by atoms with Gasteiger partial charge in [0.25, 0.3) is 0 Å². The molecule has 334 valence electrons. The van der Waals surface area contributed by atoms with Gasteiger partial charge in [0.1, 0.15) is 5.58 Å². The minimum absolute atomic E-state index is 0.790. The minimum atomic E-state index is 0.790. The Labute approximate surface area is 413 Å². The number of furan rings is 1. The first-order chi connectivity index (χ1) is 35.2. The Bertz CT molecular complexity index is 4030. The summed E-state index contributed by atoms with van der Waals surface area (Å²) in [5.74, 6) is 0. The van der Waals surface area contributed by atoms with Crippen LogP contribution in [0.25, 0.3) is 88.0 Å². The molecule has 1 heterocycles. The van der Waals surface area contributed by atoms with E-state index in [-0.39, 0.29) is 0 Å². The van der Waals surface area contributed by atoms with Crippen molar-refractivity contribution in [2.24, 2.45) is 0 Å². The maximum absolute atomic E-state index is 7.38. The SMILES string of the molecule is c1ccc(-c2ccc(N(c3ccccc3-c3ccccc3)c3ccc(N(c4ccccc4)c4ccc(-c5ccc6ccccc6c5)cc4-c4ccccc4)c4c3oc3cc5ccccc5cc34)cc2)cc1. The van der Waals surface area contributed by atoms with Gasteiger partial charge in [-0.1, -0.05) is 206 Å². The molecule has 0 radical (unpaired) electrons. The molecule has 71 heavy (non-hydrogen) atoms. The van der Waals surface area contributed by atoms with E-state index in [1.54, 1.807) is 0 Å². The second-order valence-electron chi connectivity index (χ2n) is 18.1. The van der Waals surface area contributed by atoms with Crippen LogP contribution in [0.15, 0.2) is 283 Å². The van der Waals surface area contributed by atoms with Crippen molar-refractivity contribution >= 4 is 77.6 Å². The molecule has 0 aliphatic carbocycles. The summed E-state index contributed by atoms with van der Waals surface area (Å²) >= 11 is 0. The third-order valence-electron chi connectivity index (χ3n) is 13.8. The van der Waals surface area contributed by atoms with Gasteiger partial charge < -0.3 is 14.2 Å². The first kappa shape index (κ1) is 41.7. The van der Waals surface area contributed by atoms with Crippen molar-refractivity contribution in [3.05, 3.63) is 279 Å². The smallest absolute Gasteiger partial charge is 0.161 e. The lowest BCUT2D eigenvalue weighted by Crippen LogP contribution is -2.14. The van der Waals surface area contributed by atoms with Gasteiger partial charge in [-0.15, -0.1) is 0 Å². The van der Waals surface area contributed by atoms with E-state index in [9.17, 15) is 0 Å². The lowest BCUT2D eigenvalue weighted by Gasteiger charge is -2.31. The van der Waals surface area contributed by atoms with Crippen LogP contribution in [0.5, 0.6) is 0 Å². The molecule has 0 atom stereocenters. The lowest BCUT2D eigenvalue weighted by atomic mass is 9.94. The zero-order valence-corrected chi connectivity index (χ0v) is 38.9. The van der Waals surface area contributed by atoms with E-state index in [0.717, 1.165) is 100 Å². The van der Waals surface area contributed by atoms with Crippen molar-refractivity contribution in [1.29, 1.82) is 0 Å². The molecule has 12 aromatic carbocycles. The normalized spacial score (nSPS) is 11.4. The van der Waals surface area contributed by atoms with Gasteiger partial charge in [0.05, 0.1) is 28.1 Å². The van der Waals surface area contributed by atoms with Gasteiger partial charge in [0.15, 0.2) is 5.58 Å². The van der Waals surface area contributed by atoms with E-state index in [1.165, 1.54) is 21.9 Å². The summed E-state index contributed by atoms with van der Waals surface area (Å²) in [6.45, 7) is 0. The van der Waals surface area contributed by atoms with Crippen LogP contribution in [-0.4, -0.2) is 0 Å². The second kappa shape index (κ2) is 17.9. The highest BCUT2D eigenvalue weighted by atomic mass is 16.3. The van der Waals surface area contributed by atoms with Crippen LogP contribution in [0.4, 0.5) is 34.1 Å². The van der Waals surface area contributed by atoms with Crippen LogP contribution in [-0.2, 0) is 0 Å². The molecular weight excluding hydrogens is 861 g/mol. The Balaban J connectivity index is 1.09. The summed E-state index contributed by atoms with van der Waals surface area (Å²) in [6.07, 6.45) is 0. The van der Waals surface area contributed by atoms with Crippen molar-refractivity contribution in [1.82, 2.24) is 0 Å². The molecule has 0 aliphatic heterocycles. The molecule has 13 aromatic rings. The van der Waals surface area contributed by atoms with Crippen LogP contribution < -0.4 is 9.80 Å². The second-order valence-corrected chi connectivity index (χ2v) is 18.1. The molecule has 13 rings (SSSR count). The Hall–Kier alpha value is -9.44. The van der Waals surface area contributed by atoms with Gasteiger partial charge in [-0.3, -0.25) is 0 Å². The van der Waals surface area contributed by atoms with Crippen LogP contribution in [0.3, 0.4) is 0 Å². The fraction of sp³-hybridized carbons (Fsp3) is 0. The van der Waals surface area contributed by atoms with E-state index in [0.29, 0.717) is 0 Å². The molecule has 0 N–H and O–H groups in total. The van der Waals surface area contributed by atoms with Gasteiger partial charge >= 0.3 is 0 Å². The number of fused-ring (bicyclic) bond motifs is 5. The topological polar surface area (TPSA) is 19.6 Å². The molecular formula is C68H46N2O. The molecule has 0 bridgehead atoms. The molecule has 0 fully saturated rings. The van der Waals surface area contributed by atoms with Gasteiger partial charge in [-0.05, 0) is 128 Å². The van der Waals surface area contributed by atoms with Gasteiger partial charge in [0.2, 0.25) is 0 Å². The predicted molar refractivity (Wildman–Crippen MR) is 300 cm³/mol. The average Bonchev–Trinajstić information content (AvgIpc) is 3.83. The summed E-state index contributed by atoms with van der Waals surface area (Å²) in [5.41, 5.74) is 16.9. The zero-order valence-electron chi connectivity index (χ0n) is 38.9. The van der Waals surface area contributed by atoms with E-state index >= 15 is 0 Å². The number of nitrogens with zero attached hydrogens (tertiary/aromatic N) is 2. The number of benzene rings is 12. The third kappa shape index (κ3) is 7.67. The Morgan fingerprint density at radius 1 is 0.254 bits per heavy atom. The van der Waals surface area contributed by atoms with Crippen LogP contribution in [0.1, 0.15) is 0 Å². The molecule has 0 amide bonds. The molecule has 0 aliphatic rings.